The molecule has 5 aromatic heterocycles. The highest BCUT2D eigenvalue weighted by Gasteiger charge is 2.19. The molecule has 50 heavy (non-hydrogen) atoms. The molecular formula is C37H31N9O3S. The van der Waals surface area contributed by atoms with Crippen molar-refractivity contribution in [3.05, 3.63) is 119 Å². The Morgan fingerprint density at radius 3 is 2.02 bits per heavy atom. The van der Waals surface area contributed by atoms with Crippen LogP contribution in [0.2, 0.25) is 0 Å². The lowest BCUT2D eigenvalue weighted by atomic mass is 10.1. The van der Waals surface area contributed by atoms with Gasteiger partial charge in [-0.1, -0.05) is 30.3 Å². The van der Waals surface area contributed by atoms with Crippen LogP contribution in [0.5, 0.6) is 0 Å². The van der Waals surface area contributed by atoms with Crippen LogP contribution in [0.1, 0.15) is 41.6 Å². The number of nitrogens with zero attached hydrogens (tertiary/aromatic N) is 9. The van der Waals surface area contributed by atoms with Crippen molar-refractivity contribution < 1.29 is 14.4 Å². The van der Waals surface area contributed by atoms with Gasteiger partial charge in [0.15, 0.2) is 11.3 Å². The Kier molecular flexibility index (Phi) is 9.55. The standard InChI is InChI=1S/C20H16N4O2S.C17H15N5O/c1-13(25)23(2)15-6-3-5-14(11-15)17-8-9-21-20-16(12-22-24(17)20)19(26)18-7-4-10-27-18;1-3-21(12(2)23)15-6-4-5-13(9-15)16-7-8-19-17-14(10-18)11-20-22(16)17/h3-12H,1-2H3;4-9,11H,3H2,1-2H3. The minimum atomic E-state index is -0.0882. The third kappa shape index (κ3) is 6.47. The molecule has 5 heterocycles. The summed E-state index contributed by atoms with van der Waals surface area (Å²) in [5, 5.41) is 19.6. The fourth-order valence-corrected chi connectivity index (χ4v) is 6.15. The smallest absolute Gasteiger partial charge is 0.223 e. The third-order valence-corrected chi connectivity index (χ3v) is 8.93. The number of carbonyl (C=O) groups is 3. The van der Waals surface area contributed by atoms with Gasteiger partial charge >= 0.3 is 0 Å². The predicted molar refractivity (Wildman–Crippen MR) is 192 cm³/mol. The molecule has 2 amide bonds. The molecule has 7 aromatic rings. The Labute approximate surface area is 291 Å². The van der Waals surface area contributed by atoms with Crippen molar-refractivity contribution >= 4 is 51.6 Å². The monoisotopic (exact) mass is 681 g/mol. The Hall–Kier alpha value is -6.52. The second kappa shape index (κ2) is 14.3. The summed E-state index contributed by atoms with van der Waals surface area (Å²) in [4.78, 5) is 48.6. The van der Waals surface area contributed by atoms with Crippen LogP contribution in [-0.2, 0) is 9.59 Å². The number of amides is 2. The van der Waals surface area contributed by atoms with Gasteiger partial charge in [-0.2, -0.15) is 15.5 Å². The van der Waals surface area contributed by atoms with Crippen LogP contribution in [0.4, 0.5) is 11.4 Å². The first kappa shape index (κ1) is 33.4. The lowest BCUT2D eigenvalue weighted by molar-refractivity contribution is -0.117. The van der Waals surface area contributed by atoms with Gasteiger partial charge in [0.2, 0.25) is 17.6 Å². The van der Waals surface area contributed by atoms with E-state index < -0.39 is 0 Å². The molecule has 0 radical (unpaired) electrons. The summed E-state index contributed by atoms with van der Waals surface area (Å²) in [7, 11) is 1.73. The molecule has 0 aliphatic carbocycles. The van der Waals surface area contributed by atoms with E-state index in [4.69, 9.17) is 5.26 Å². The van der Waals surface area contributed by atoms with Gasteiger partial charge in [0.1, 0.15) is 11.6 Å². The van der Waals surface area contributed by atoms with Gasteiger partial charge in [0, 0.05) is 62.3 Å². The molecule has 12 nitrogen and oxygen atoms in total. The maximum Gasteiger partial charge on any atom is 0.223 e. The van der Waals surface area contributed by atoms with Crippen LogP contribution in [0.15, 0.2) is 103 Å². The summed E-state index contributed by atoms with van der Waals surface area (Å²) in [6.07, 6.45) is 6.38. The van der Waals surface area contributed by atoms with Crippen molar-refractivity contribution in [1.29, 1.82) is 5.26 Å². The average molecular weight is 682 g/mol. The van der Waals surface area contributed by atoms with Gasteiger partial charge < -0.3 is 9.80 Å². The van der Waals surface area contributed by atoms with Crippen LogP contribution in [0.25, 0.3) is 33.8 Å². The first-order chi connectivity index (χ1) is 24.2. The first-order valence-electron chi connectivity index (χ1n) is 15.6. The van der Waals surface area contributed by atoms with E-state index in [1.165, 1.54) is 24.5 Å². The van der Waals surface area contributed by atoms with Gasteiger partial charge in [-0.05, 0) is 54.8 Å². The molecule has 13 heteroatoms. The van der Waals surface area contributed by atoms with Crippen molar-refractivity contribution in [3.63, 3.8) is 0 Å². The number of aromatic nitrogens is 6. The number of fused-ring (bicyclic) bond motifs is 2. The molecule has 7 rings (SSSR count). The number of thiophene rings is 1. The van der Waals surface area contributed by atoms with Gasteiger partial charge in [-0.3, -0.25) is 14.4 Å². The largest absolute Gasteiger partial charge is 0.316 e. The normalized spacial score (nSPS) is 10.7. The molecule has 0 spiro atoms. The molecule has 0 saturated heterocycles. The van der Waals surface area contributed by atoms with Crippen molar-refractivity contribution in [3.8, 4) is 28.6 Å². The zero-order valence-corrected chi connectivity index (χ0v) is 28.5. The zero-order valence-electron chi connectivity index (χ0n) is 27.7. The zero-order chi connectivity index (χ0) is 35.4. The number of ketones is 1. The van der Waals surface area contributed by atoms with Crippen LogP contribution in [0, 0.1) is 11.3 Å². The highest BCUT2D eigenvalue weighted by molar-refractivity contribution is 7.12. The van der Waals surface area contributed by atoms with Crippen molar-refractivity contribution in [2.75, 3.05) is 23.4 Å². The van der Waals surface area contributed by atoms with E-state index in [0.29, 0.717) is 33.8 Å². The van der Waals surface area contributed by atoms with Crippen molar-refractivity contribution in [2.24, 2.45) is 0 Å². The quantitative estimate of drug-likeness (QED) is 0.178. The lowest BCUT2D eigenvalue weighted by Crippen LogP contribution is -2.27. The fourth-order valence-electron chi connectivity index (χ4n) is 5.48. The first-order valence-corrected chi connectivity index (χ1v) is 16.5. The summed E-state index contributed by atoms with van der Waals surface area (Å²) < 4.78 is 3.30. The Bertz CT molecular complexity index is 2410. The fraction of sp³-hybridized carbons (Fsp3) is 0.135. The van der Waals surface area contributed by atoms with Gasteiger partial charge in [0.05, 0.1) is 34.2 Å². The van der Waals surface area contributed by atoms with E-state index in [-0.39, 0.29) is 17.6 Å². The number of hydrogen-bond donors (Lipinski definition) is 0. The topological polar surface area (TPSA) is 142 Å². The second-order valence-corrected chi connectivity index (χ2v) is 12.1. The van der Waals surface area contributed by atoms with E-state index in [1.54, 1.807) is 57.5 Å². The van der Waals surface area contributed by atoms with E-state index in [9.17, 15) is 14.4 Å². The molecule has 0 aliphatic rings. The maximum absolute atomic E-state index is 12.7. The van der Waals surface area contributed by atoms with E-state index in [2.05, 4.69) is 26.2 Å². The van der Waals surface area contributed by atoms with Crippen LogP contribution < -0.4 is 9.80 Å². The predicted octanol–water partition coefficient (Wildman–Crippen LogP) is 6.31. The molecule has 248 valence electrons. The molecule has 0 saturated carbocycles. The molecule has 0 N–H and O–H groups in total. The average Bonchev–Trinajstić information content (AvgIpc) is 3.92. The molecule has 0 aliphatic heterocycles. The number of benzene rings is 2. The Morgan fingerprint density at radius 2 is 1.42 bits per heavy atom. The van der Waals surface area contributed by atoms with Gasteiger partial charge in [0.25, 0.3) is 0 Å². The SMILES string of the molecule is CC(=O)N(C)c1cccc(-c2ccnc3c(C(=O)c4cccs4)cnn23)c1.CCN(C(C)=O)c1cccc(-c2ccnc3c(C#N)cnn23)c1. The van der Waals surface area contributed by atoms with Gasteiger partial charge in [-0.25, -0.2) is 19.0 Å². The molecule has 2 aromatic carbocycles. The third-order valence-electron chi connectivity index (χ3n) is 8.06. The van der Waals surface area contributed by atoms with E-state index in [1.807, 2.05) is 79.0 Å². The van der Waals surface area contributed by atoms with E-state index in [0.717, 1.165) is 33.9 Å². The van der Waals surface area contributed by atoms with E-state index >= 15 is 0 Å². The highest BCUT2D eigenvalue weighted by atomic mass is 32.1. The van der Waals surface area contributed by atoms with Crippen molar-refractivity contribution in [2.45, 2.75) is 20.8 Å². The van der Waals surface area contributed by atoms with Crippen molar-refractivity contribution in [1.82, 2.24) is 29.2 Å². The molecule has 0 atom stereocenters. The van der Waals surface area contributed by atoms with Crippen LogP contribution in [0.3, 0.4) is 0 Å². The number of rotatable bonds is 7. The number of carbonyl (C=O) groups excluding carboxylic acids is 3. The maximum atomic E-state index is 12.7. The summed E-state index contributed by atoms with van der Waals surface area (Å²) in [5.74, 6) is -0.139. The Morgan fingerprint density at radius 1 is 0.800 bits per heavy atom. The Balaban J connectivity index is 0.000000175. The number of nitriles is 1. The lowest BCUT2D eigenvalue weighted by Gasteiger charge is -2.19. The highest BCUT2D eigenvalue weighted by Crippen LogP contribution is 2.28. The van der Waals surface area contributed by atoms with Crippen LogP contribution >= 0.6 is 11.3 Å². The summed E-state index contributed by atoms with van der Waals surface area (Å²) in [5.41, 5.74) is 6.95. The minimum Gasteiger partial charge on any atom is -0.316 e. The number of hydrogen-bond acceptors (Lipinski definition) is 9. The van der Waals surface area contributed by atoms with Crippen LogP contribution in [-0.4, -0.2) is 60.4 Å². The second-order valence-electron chi connectivity index (χ2n) is 11.1. The minimum absolute atomic E-state index is 0.00428. The molecule has 0 unspecified atom stereocenters. The summed E-state index contributed by atoms with van der Waals surface area (Å²) in [6.45, 7) is 5.61. The van der Waals surface area contributed by atoms with Gasteiger partial charge in [-0.15, -0.1) is 11.3 Å². The summed E-state index contributed by atoms with van der Waals surface area (Å²) >= 11 is 1.39. The summed E-state index contributed by atoms with van der Waals surface area (Å²) in [6, 6.07) is 24.7. The number of anilines is 2. The molecule has 0 bridgehead atoms. The molecular weight excluding hydrogens is 651 g/mol. The molecule has 0 fully saturated rings.